The van der Waals surface area contributed by atoms with Crippen LogP contribution in [0.1, 0.15) is 10.4 Å². The molecular weight excluding hydrogens is 348 g/mol. The number of benzene rings is 3. The molecule has 1 N–H and O–H groups in total. The predicted octanol–water partition coefficient (Wildman–Crippen LogP) is 5.54. The first-order valence-electron chi connectivity index (χ1n) is 9.00. The molecule has 28 heavy (non-hydrogen) atoms. The third-order valence-corrected chi connectivity index (χ3v) is 5.02. The van der Waals surface area contributed by atoms with E-state index in [0.717, 1.165) is 27.8 Å². The van der Waals surface area contributed by atoms with E-state index in [9.17, 15) is 9.90 Å². The molecule has 0 aliphatic carbocycles. The third-order valence-electron chi connectivity index (χ3n) is 5.02. The van der Waals surface area contributed by atoms with Crippen LogP contribution < -0.4 is 0 Å². The number of nitrogens with zero attached hydrogens (tertiary/aromatic N) is 2. The van der Waals surface area contributed by atoms with Crippen LogP contribution in [0.3, 0.4) is 0 Å². The summed E-state index contributed by atoms with van der Waals surface area (Å²) in [6.07, 6.45) is 3.57. The lowest BCUT2D eigenvalue weighted by molar-refractivity contribution is 0.0697. The van der Waals surface area contributed by atoms with E-state index in [1.807, 2.05) is 36.5 Å². The molecule has 5 aromatic rings. The van der Waals surface area contributed by atoms with Crippen molar-refractivity contribution in [3.63, 3.8) is 0 Å². The van der Waals surface area contributed by atoms with Crippen LogP contribution in [0.2, 0.25) is 0 Å². The van der Waals surface area contributed by atoms with Crippen LogP contribution in [-0.2, 0) is 0 Å². The maximum Gasteiger partial charge on any atom is 0.335 e. The van der Waals surface area contributed by atoms with E-state index in [1.165, 1.54) is 10.8 Å². The zero-order chi connectivity index (χ0) is 19.1. The second kappa shape index (κ2) is 6.35. The van der Waals surface area contributed by atoms with Gasteiger partial charge in [-0.2, -0.15) is 0 Å². The Morgan fingerprint density at radius 2 is 1.75 bits per heavy atom. The summed E-state index contributed by atoms with van der Waals surface area (Å²) in [7, 11) is 0. The third kappa shape index (κ3) is 2.55. The SMILES string of the molecule is O=C(O)c1cccc(-n2c(-c3cccnc3)cc3c4ccccc4ccc32)c1. The summed E-state index contributed by atoms with van der Waals surface area (Å²) in [6, 6.07) is 25.6. The van der Waals surface area contributed by atoms with Gasteiger partial charge in [0, 0.05) is 29.0 Å². The average molecular weight is 364 g/mol. The van der Waals surface area contributed by atoms with Crippen LogP contribution in [0.15, 0.2) is 91.3 Å². The molecular formula is C24H16N2O2. The lowest BCUT2D eigenvalue weighted by Gasteiger charge is -2.12. The van der Waals surface area contributed by atoms with Crippen molar-refractivity contribution in [2.45, 2.75) is 0 Å². The van der Waals surface area contributed by atoms with Gasteiger partial charge in [-0.15, -0.1) is 0 Å². The van der Waals surface area contributed by atoms with E-state index >= 15 is 0 Å². The Hall–Kier alpha value is -3.92. The molecule has 0 saturated carbocycles. The number of aromatic nitrogens is 2. The number of hydrogen-bond donors (Lipinski definition) is 1. The standard InChI is InChI=1S/C24H16N2O2/c27-24(28)17-6-3-8-19(13-17)26-22-11-10-16-5-1-2-9-20(16)21(22)14-23(26)18-7-4-12-25-15-18/h1-15H,(H,27,28). The number of aromatic carboxylic acids is 1. The summed E-state index contributed by atoms with van der Waals surface area (Å²) in [6.45, 7) is 0. The van der Waals surface area contributed by atoms with Gasteiger partial charge in [-0.3, -0.25) is 4.98 Å². The molecule has 0 fully saturated rings. The number of carboxylic acid groups (broad SMARTS) is 1. The van der Waals surface area contributed by atoms with Gasteiger partial charge in [0.2, 0.25) is 0 Å². The second-order valence-corrected chi connectivity index (χ2v) is 6.68. The molecule has 4 heteroatoms. The average Bonchev–Trinajstić information content (AvgIpc) is 3.14. The Balaban J connectivity index is 1.89. The van der Waals surface area contributed by atoms with Crippen LogP contribution in [0, 0.1) is 0 Å². The van der Waals surface area contributed by atoms with Gasteiger partial charge in [0.05, 0.1) is 16.8 Å². The summed E-state index contributed by atoms with van der Waals surface area (Å²) in [5, 5.41) is 12.9. The Morgan fingerprint density at radius 1 is 0.857 bits per heavy atom. The van der Waals surface area contributed by atoms with Crippen LogP contribution >= 0.6 is 0 Å². The number of carbonyl (C=O) groups is 1. The summed E-state index contributed by atoms with van der Waals surface area (Å²) in [4.78, 5) is 15.8. The van der Waals surface area contributed by atoms with Gasteiger partial charge in [-0.05, 0) is 53.2 Å². The first-order chi connectivity index (χ1) is 13.7. The van der Waals surface area contributed by atoms with Gasteiger partial charge in [-0.25, -0.2) is 4.79 Å². The van der Waals surface area contributed by atoms with Crippen molar-refractivity contribution < 1.29 is 9.90 Å². The highest BCUT2D eigenvalue weighted by Gasteiger charge is 2.15. The summed E-state index contributed by atoms with van der Waals surface area (Å²) < 4.78 is 2.10. The Kier molecular flexibility index (Phi) is 3.69. The van der Waals surface area contributed by atoms with Crippen molar-refractivity contribution in [1.29, 1.82) is 0 Å². The molecule has 134 valence electrons. The fraction of sp³-hybridized carbons (Fsp3) is 0. The van der Waals surface area contributed by atoms with Gasteiger partial charge >= 0.3 is 5.97 Å². The zero-order valence-electron chi connectivity index (χ0n) is 14.9. The van der Waals surface area contributed by atoms with Crippen LogP contribution in [0.5, 0.6) is 0 Å². The van der Waals surface area contributed by atoms with Gasteiger partial charge in [0.25, 0.3) is 0 Å². The Bertz CT molecular complexity index is 1340. The molecule has 0 amide bonds. The monoisotopic (exact) mass is 364 g/mol. The van der Waals surface area contributed by atoms with Crippen molar-refractivity contribution in [3.8, 4) is 16.9 Å². The minimum atomic E-state index is -0.938. The minimum absolute atomic E-state index is 0.261. The Morgan fingerprint density at radius 3 is 2.57 bits per heavy atom. The van der Waals surface area contributed by atoms with Crippen molar-refractivity contribution in [2.75, 3.05) is 0 Å². The zero-order valence-corrected chi connectivity index (χ0v) is 14.9. The summed E-state index contributed by atoms with van der Waals surface area (Å²) in [5.41, 5.74) is 4.05. The number of rotatable bonds is 3. The van der Waals surface area contributed by atoms with Crippen molar-refractivity contribution >= 4 is 27.6 Å². The second-order valence-electron chi connectivity index (χ2n) is 6.68. The predicted molar refractivity (Wildman–Crippen MR) is 111 cm³/mol. The van der Waals surface area contributed by atoms with Gasteiger partial charge < -0.3 is 9.67 Å². The summed E-state index contributed by atoms with van der Waals surface area (Å²) in [5.74, 6) is -0.938. The lowest BCUT2D eigenvalue weighted by Crippen LogP contribution is -2.01. The summed E-state index contributed by atoms with van der Waals surface area (Å²) >= 11 is 0. The van der Waals surface area contributed by atoms with E-state index in [2.05, 4.69) is 39.9 Å². The molecule has 0 aliphatic heterocycles. The molecule has 0 bridgehead atoms. The molecule has 0 unspecified atom stereocenters. The van der Waals surface area contributed by atoms with Gasteiger partial charge in [0.15, 0.2) is 0 Å². The first-order valence-corrected chi connectivity index (χ1v) is 9.00. The molecule has 4 nitrogen and oxygen atoms in total. The largest absolute Gasteiger partial charge is 0.478 e. The van der Waals surface area contributed by atoms with E-state index < -0.39 is 5.97 Å². The van der Waals surface area contributed by atoms with Crippen molar-refractivity contribution in [1.82, 2.24) is 9.55 Å². The first kappa shape index (κ1) is 16.3. The van der Waals surface area contributed by atoms with E-state index in [1.54, 1.807) is 24.4 Å². The molecule has 0 radical (unpaired) electrons. The topological polar surface area (TPSA) is 55.1 Å². The molecule has 3 aromatic carbocycles. The number of fused-ring (bicyclic) bond motifs is 3. The highest BCUT2D eigenvalue weighted by atomic mass is 16.4. The van der Waals surface area contributed by atoms with Crippen LogP contribution in [-0.4, -0.2) is 20.6 Å². The highest BCUT2D eigenvalue weighted by molar-refractivity contribution is 6.09. The molecule has 0 atom stereocenters. The fourth-order valence-corrected chi connectivity index (χ4v) is 3.74. The number of carboxylic acids is 1. The maximum atomic E-state index is 11.5. The molecule has 0 aliphatic rings. The lowest BCUT2D eigenvalue weighted by atomic mass is 10.1. The molecule has 2 heterocycles. The van der Waals surface area contributed by atoms with Gasteiger partial charge in [0.1, 0.15) is 0 Å². The molecule has 2 aromatic heterocycles. The van der Waals surface area contributed by atoms with E-state index in [4.69, 9.17) is 0 Å². The minimum Gasteiger partial charge on any atom is -0.478 e. The number of pyridine rings is 1. The quantitative estimate of drug-likeness (QED) is 0.457. The molecule has 0 spiro atoms. The fourth-order valence-electron chi connectivity index (χ4n) is 3.74. The van der Waals surface area contributed by atoms with Crippen molar-refractivity contribution in [3.05, 3.63) is 96.8 Å². The molecule has 0 saturated heterocycles. The van der Waals surface area contributed by atoms with Crippen molar-refractivity contribution in [2.24, 2.45) is 0 Å². The van der Waals surface area contributed by atoms with E-state index in [-0.39, 0.29) is 5.56 Å². The maximum absolute atomic E-state index is 11.5. The molecule has 5 rings (SSSR count). The number of hydrogen-bond acceptors (Lipinski definition) is 2. The van der Waals surface area contributed by atoms with Gasteiger partial charge in [-0.1, -0.05) is 36.4 Å². The van der Waals surface area contributed by atoms with E-state index in [0.29, 0.717) is 0 Å². The Labute approximate surface area is 161 Å². The highest BCUT2D eigenvalue weighted by Crippen LogP contribution is 2.35. The van der Waals surface area contributed by atoms with Crippen LogP contribution in [0.4, 0.5) is 0 Å². The smallest absolute Gasteiger partial charge is 0.335 e. The normalized spacial score (nSPS) is 11.1. The van der Waals surface area contributed by atoms with Crippen LogP contribution in [0.25, 0.3) is 38.6 Å².